The molecule has 0 spiro atoms. The third-order valence-electron chi connectivity index (χ3n) is 8.68. The molecule has 1 aliphatic heterocycles. The summed E-state index contributed by atoms with van der Waals surface area (Å²) in [5.41, 5.74) is 1.11. The van der Waals surface area contributed by atoms with E-state index in [-0.39, 0.29) is 48.0 Å². The summed E-state index contributed by atoms with van der Waals surface area (Å²) in [7, 11) is 1.48. The Hall–Kier alpha value is -1.16. The average molecular weight is 491 g/mol. The first-order chi connectivity index (χ1) is 14.5. The van der Waals surface area contributed by atoms with Crippen molar-refractivity contribution in [1.82, 2.24) is 4.90 Å². The van der Waals surface area contributed by atoms with E-state index in [9.17, 15) is 9.59 Å². The van der Waals surface area contributed by atoms with Gasteiger partial charge in [0.25, 0.3) is 0 Å². The molecule has 3 fully saturated rings. The molecule has 1 aromatic rings. The number of esters is 1. The van der Waals surface area contributed by atoms with Crippen molar-refractivity contribution in [3.63, 3.8) is 0 Å². The van der Waals surface area contributed by atoms with Crippen LogP contribution in [0.15, 0.2) is 30.3 Å². The molecular weight excluding hydrogens is 453 g/mol. The molecule has 170 valence electrons. The van der Waals surface area contributed by atoms with Crippen molar-refractivity contribution in [2.75, 3.05) is 13.7 Å². The van der Waals surface area contributed by atoms with Crippen LogP contribution in [-0.4, -0.2) is 51.3 Å². The maximum atomic E-state index is 13.4. The van der Waals surface area contributed by atoms with Crippen LogP contribution in [-0.2, 0) is 14.3 Å². The summed E-state index contributed by atoms with van der Waals surface area (Å²) < 4.78 is 5.24. The summed E-state index contributed by atoms with van der Waals surface area (Å²) in [4.78, 5) is 28.8. The Balaban J connectivity index is 1.56. The van der Waals surface area contributed by atoms with Crippen LogP contribution in [0.2, 0.25) is 10.1 Å². The van der Waals surface area contributed by atoms with Crippen molar-refractivity contribution in [2.45, 2.75) is 76.1 Å². The zero-order valence-electron chi connectivity index (χ0n) is 19.8. The van der Waals surface area contributed by atoms with E-state index < -0.39 is 0 Å². The van der Waals surface area contributed by atoms with Gasteiger partial charge < -0.3 is 0 Å². The quantitative estimate of drug-likeness (QED) is 0.419. The molecule has 0 aromatic heterocycles. The number of ether oxygens (including phenoxy) is 1. The first kappa shape index (κ1) is 23.0. The van der Waals surface area contributed by atoms with Gasteiger partial charge in [-0.25, -0.2) is 0 Å². The van der Waals surface area contributed by atoms with Gasteiger partial charge in [-0.2, -0.15) is 0 Å². The van der Waals surface area contributed by atoms with Gasteiger partial charge in [-0.3, -0.25) is 0 Å². The molecule has 5 heteroatoms. The second-order valence-electron chi connectivity index (χ2n) is 11.3. The SMILES string of the molecule is COC(=O)[C@@H](c1ccccc1)N1CC(C)(C)CC1C[Se][C@@H]1C(=O)[C@]2(C)CC[C@@H]1C2(C)C. The second-order valence-corrected chi connectivity index (χ2v) is 13.8. The zero-order chi connectivity index (χ0) is 22.6. The molecule has 3 aliphatic rings. The third kappa shape index (κ3) is 3.71. The number of carbonyl (C=O) groups is 2. The standard InChI is InChI=1S/C26H37NO3Se/c1-24(2)14-18(15-31-21-19-12-13-26(5,22(21)28)25(19,3)4)27(16-24)20(23(29)30-6)17-10-8-7-9-11-17/h7-11,18-21H,12-16H2,1-6H3/t18?,19-,20+,21-,26-/m0/s1. The Morgan fingerprint density at radius 2 is 1.87 bits per heavy atom. The average Bonchev–Trinajstić information content (AvgIpc) is 3.20. The monoisotopic (exact) mass is 491 g/mol. The molecule has 1 saturated heterocycles. The molecule has 2 saturated carbocycles. The molecule has 31 heavy (non-hydrogen) atoms. The number of hydrogen-bond donors (Lipinski definition) is 0. The molecule has 1 unspecified atom stereocenters. The van der Waals surface area contributed by atoms with Crippen molar-refractivity contribution in [1.29, 1.82) is 0 Å². The maximum absolute atomic E-state index is 13.4. The Bertz CT molecular complexity index is 851. The van der Waals surface area contributed by atoms with Gasteiger partial charge in [-0.15, -0.1) is 0 Å². The van der Waals surface area contributed by atoms with Crippen LogP contribution in [0.25, 0.3) is 0 Å². The van der Waals surface area contributed by atoms with E-state index in [4.69, 9.17) is 4.74 Å². The van der Waals surface area contributed by atoms with Crippen LogP contribution in [0.3, 0.4) is 0 Å². The van der Waals surface area contributed by atoms with E-state index in [1.165, 1.54) is 13.5 Å². The van der Waals surface area contributed by atoms with Crippen LogP contribution < -0.4 is 0 Å². The van der Waals surface area contributed by atoms with Crippen molar-refractivity contribution < 1.29 is 14.3 Å². The van der Waals surface area contributed by atoms with E-state index in [2.05, 4.69) is 39.5 Å². The summed E-state index contributed by atoms with van der Waals surface area (Å²) >= 11 is 0.248. The predicted molar refractivity (Wildman–Crippen MR) is 124 cm³/mol. The molecule has 2 aliphatic carbocycles. The Kier molecular flexibility index (Phi) is 5.94. The summed E-state index contributed by atoms with van der Waals surface area (Å²) in [6.45, 7) is 12.3. The van der Waals surface area contributed by atoms with Gasteiger partial charge in [0.15, 0.2) is 0 Å². The molecule has 1 heterocycles. The van der Waals surface area contributed by atoms with Crippen LogP contribution >= 0.6 is 0 Å². The summed E-state index contributed by atoms with van der Waals surface area (Å²) in [5, 5.41) is 1.02. The number of rotatable bonds is 6. The topological polar surface area (TPSA) is 46.6 Å². The molecule has 2 bridgehead atoms. The van der Waals surface area contributed by atoms with Gasteiger partial charge in [0.05, 0.1) is 0 Å². The fourth-order valence-corrected chi connectivity index (χ4v) is 10.4. The Labute approximate surface area is 193 Å². The zero-order valence-corrected chi connectivity index (χ0v) is 21.5. The Morgan fingerprint density at radius 1 is 1.19 bits per heavy atom. The second kappa shape index (κ2) is 8.01. The van der Waals surface area contributed by atoms with Crippen molar-refractivity contribution in [3.8, 4) is 0 Å². The van der Waals surface area contributed by atoms with Crippen LogP contribution in [0.1, 0.15) is 65.5 Å². The first-order valence-electron chi connectivity index (χ1n) is 11.6. The van der Waals surface area contributed by atoms with Crippen molar-refractivity contribution in [3.05, 3.63) is 35.9 Å². The van der Waals surface area contributed by atoms with E-state index in [0.29, 0.717) is 17.7 Å². The molecule has 0 radical (unpaired) electrons. The predicted octanol–water partition coefficient (Wildman–Crippen LogP) is 4.94. The van der Waals surface area contributed by atoms with Crippen molar-refractivity contribution in [2.24, 2.45) is 22.2 Å². The molecule has 0 N–H and O–H groups in total. The molecule has 4 rings (SSSR count). The number of benzene rings is 1. The van der Waals surface area contributed by atoms with Crippen LogP contribution in [0.5, 0.6) is 0 Å². The van der Waals surface area contributed by atoms with Gasteiger partial charge in [0.1, 0.15) is 0 Å². The minimum absolute atomic E-state index is 0.115. The van der Waals surface area contributed by atoms with Gasteiger partial charge in [-0.05, 0) is 0 Å². The number of fused-ring (bicyclic) bond motifs is 2. The number of ketones is 1. The number of carbonyl (C=O) groups excluding carboxylic acids is 2. The van der Waals surface area contributed by atoms with Gasteiger partial charge in [0.2, 0.25) is 0 Å². The molecular formula is C26H37NO3Se. The Morgan fingerprint density at radius 3 is 2.45 bits per heavy atom. The van der Waals surface area contributed by atoms with Crippen LogP contribution in [0.4, 0.5) is 0 Å². The van der Waals surface area contributed by atoms with Gasteiger partial charge in [0, 0.05) is 0 Å². The summed E-state index contributed by atoms with van der Waals surface area (Å²) in [6.07, 6.45) is 3.30. The summed E-state index contributed by atoms with van der Waals surface area (Å²) in [6, 6.07) is 9.94. The van der Waals surface area contributed by atoms with E-state index >= 15 is 0 Å². The number of likely N-dealkylation sites (tertiary alicyclic amines) is 1. The van der Waals surface area contributed by atoms with Gasteiger partial charge >= 0.3 is 194 Å². The first-order valence-corrected chi connectivity index (χ1v) is 13.8. The fourth-order valence-electron chi connectivity index (χ4n) is 6.52. The number of Topliss-reactive ketones (excluding diaryl/α,β-unsaturated/α-hetero) is 1. The van der Waals surface area contributed by atoms with E-state index in [0.717, 1.165) is 30.3 Å². The number of hydrogen-bond acceptors (Lipinski definition) is 4. The number of nitrogens with zero attached hydrogens (tertiary/aromatic N) is 1. The van der Waals surface area contributed by atoms with E-state index in [1.807, 2.05) is 30.3 Å². The third-order valence-corrected chi connectivity index (χ3v) is 11.8. The fraction of sp³-hybridized carbons (Fsp3) is 0.692. The molecule has 5 atom stereocenters. The van der Waals surface area contributed by atoms with Gasteiger partial charge in [-0.1, -0.05) is 0 Å². The van der Waals surface area contributed by atoms with E-state index in [1.54, 1.807) is 0 Å². The van der Waals surface area contributed by atoms with Crippen molar-refractivity contribution >= 4 is 26.7 Å². The molecule has 0 amide bonds. The molecule has 1 aromatic carbocycles. The normalized spacial score (nSPS) is 34.8. The number of methoxy groups -OCH3 is 1. The molecule has 4 nitrogen and oxygen atoms in total. The minimum atomic E-state index is -0.376. The summed E-state index contributed by atoms with van der Waals surface area (Å²) in [5.74, 6) is 0.856. The van der Waals surface area contributed by atoms with Crippen LogP contribution in [0, 0.1) is 22.2 Å².